The highest BCUT2D eigenvalue weighted by atomic mass is 16.6. The fourth-order valence-corrected chi connectivity index (χ4v) is 3.05. The standard InChI is InChI=1S/C18H25N3O4/c1-2-21(18(23)20-14-5-3-4-8-19-17(14)22)12-13-6-7-15-16(11-13)25-10-9-24-15/h6-7,11,14H,2-5,8-10,12H2,1H3,(H,19,22)(H,20,23). The molecule has 0 spiro atoms. The lowest BCUT2D eigenvalue weighted by atomic mass is 10.1. The van der Waals surface area contributed by atoms with E-state index in [4.69, 9.17) is 9.47 Å². The molecule has 2 aliphatic rings. The zero-order valence-electron chi connectivity index (χ0n) is 14.5. The summed E-state index contributed by atoms with van der Waals surface area (Å²) in [6.45, 7) is 4.69. The van der Waals surface area contributed by atoms with Crippen molar-refractivity contribution < 1.29 is 19.1 Å². The summed E-state index contributed by atoms with van der Waals surface area (Å²) in [4.78, 5) is 26.3. The molecule has 0 aromatic heterocycles. The Kier molecular flexibility index (Phi) is 5.63. The van der Waals surface area contributed by atoms with E-state index in [1.807, 2.05) is 25.1 Å². The molecule has 0 aliphatic carbocycles. The minimum atomic E-state index is -0.454. The van der Waals surface area contributed by atoms with Gasteiger partial charge in [0.25, 0.3) is 0 Å². The van der Waals surface area contributed by atoms with E-state index in [2.05, 4.69) is 10.6 Å². The molecule has 1 aromatic carbocycles. The van der Waals surface area contributed by atoms with Crippen molar-refractivity contribution in [3.63, 3.8) is 0 Å². The van der Waals surface area contributed by atoms with E-state index >= 15 is 0 Å². The number of nitrogens with one attached hydrogen (secondary N) is 2. The van der Waals surface area contributed by atoms with Gasteiger partial charge in [0.15, 0.2) is 11.5 Å². The maximum atomic E-state index is 12.6. The normalized spacial score (nSPS) is 19.6. The molecule has 7 heteroatoms. The Hall–Kier alpha value is -2.44. The average Bonchev–Trinajstić information content (AvgIpc) is 2.84. The molecule has 0 saturated carbocycles. The van der Waals surface area contributed by atoms with Crippen LogP contribution in [-0.2, 0) is 11.3 Å². The fraction of sp³-hybridized carbons (Fsp3) is 0.556. The SMILES string of the molecule is CCN(Cc1ccc2c(c1)OCCO2)C(=O)NC1CCCCNC1=O. The highest BCUT2D eigenvalue weighted by Gasteiger charge is 2.24. The summed E-state index contributed by atoms with van der Waals surface area (Å²) in [5, 5.41) is 5.70. The molecular formula is C18H25N3O4. The van der Waals surface area contributed by atoms with Crippen molar-refractivity contribution in [1.82, 2.24) is 15.5 Å². The second-order valence-electron chi connectivity index (χ2n) is 6.28. The van der Waals surface area contributed by atoms with Gasteiger partial charge in [-0.25, -0.2) is 4.79 Å². The molecule has 3 amide bonds. The van der Waals surface area contributed by atoms with Crippen molar-refractivity contribution in [1.29, 1.82) is 0 Å². The van der Waals surface area contributed by atoms with Crippen molar-refractivity contribution in [3.05, 3.63) is 23.8 Å². The monoisotopic (exact) mass is 347 g/mol. The van der Waals surface area contributed by atoms with E-state index < -0.39 is 6.04 Å². The van der Waals surface area contributed by atoms with Gasteiger partial charge >= 0.3 is 6.03 Å². The molecule has 3 rings (SSSR count). The van der Waals surface area contributed by atoms with Crippen LogP contribution in [0.5, 0.6) is 11.5 Å². The first kappa shape index (κ1) is 17.4. The largest absolute Gasteiger partial charge is 0.486 e. The average molecular weight is 347 g/mol. The number of nitrogens with zero attached hydrogens (tertiary/aromatic N) is 1. The van der Waals surface area contributed by atoms with Gasteiger partial charge < -0.3 is 25.0 Å². The Morgan fingerprint density at radius 1 is 1.28 bits per heavy atom. The molecule has 1 unspecified atom stereocenters. The molecule has 1 fully saturated rings. The Morgan fingerprint density at radius 2 is 2.08 bits per heavy atom. The first-order valence-corrected chi connectivity index (χ1v) is 8.89. The van der Waals surface area contributed by atoms with E-state index in [1.54, 1.807) is 4.90 Å². The molecule has 1 saturated heterocycles. The summed E-state index contributed by atoms with van der Waals surface area (Å²) in [6, 6.07) is 5.03. The number of benzene rings is 1. The number of amides is 3. The summed E-state index contributed by atoms with van der Waals surface area (Å²) < 4.78 is 11.1. The number of hydrogen-bond donors (Lipinski definition) is 2. The number of rotatable bonds is 4. The quantitative estimate of drug-likeness (QED) is 0.868. The van der Waals surface area contributed by atoms with Crippen LogP contribution < -0.4 is 20.1 Å². The molecule has 1 aromatic rings. The molecule has 2 N–H and O–H groups in total. The zero-order chi connectivity index (χ0) is 17.6. The van der Waals surface area contributed by atoms with Crippen LogP contribution in [0.3, 0.4) is 0 Å². The van der Waals surface area contributed by atoms with E-state index in [-0.39, 0.29) is 11.9 Å². The van der Waals surface area contributed by atoms with Crippen LogP contribution in [0.15, 0.2) is 18.2 Å². The van der Waals surface area contributed by atoms with E-state index in [1.165, 1.54) is 0 Å². The van der Waals surface area contributed by atoms with E-state index in [0.29, 0.717) is 45.0 Å². The Morgan fingerprint density at radius 3 is 2.88 bits per heavy atom. The second-order valence-corrected chi connectivity index (χ2v) is 6.28. The Balaban J connectivity index is 1.63. The summed E-state index contributed by atoms with van der Waals surface area (Å²) in [5.74, 6) is 1.35. The smallest absolute Gasteiger partial charge is 0.318 e. The maximum Gasteiger partial charge on any atom is 0.318 e. The summed E-state index contributed by atoms with van der Waals surface area (Å²) in [7, 11) is 0. The third kappa shape index (κ3) is 4.35. The molecule has 7 nitrogen and oxygen atoms in total. The zero-order valence-corrected chi connectivity index (χ0v) is 14.5. The number of carbonyl (C=O) groups excluding carboxylic acids is 2. The lowest BCUT2D eigenvalue weighted by Gasteiger charge is -2.25. The third-order valence-electron chi connectivity index (χ3n) is 4.48. The maximum absolute atomic E-state index is 12.6. The first-order chi connectivity index (χ1) is 12.2. The highest BCUT2D eigenvalue weighted by Crippen LogP contribution is 2.31. The van der Waals surface area contributed by atoms with Crippen LogP contribution in [-0.4, -0.2) is 49.2 Å². The van der Waals surface area contributed by atoms with Gasteiger partial charge in [0.2, 0.25) is 5.91 Å². The van der Waals surface area contributed by atoms with Crippen LogP contribution >= 0.6 is 0 Å². The number of fused-ring (bicyclic) bond motifs is 1. The lowest BCUT2D eigenvalue weighted by molar-refractivity contribution is -0.122. The molecule has 0 bridgehead atoms. The van der Waals surface area contributed by atoms with Gasteiger partial charge in [-0.2, -0.15) is 0 Å². The number of urea groups is 1. The van der Waals surface area contributed by atoms with Crippen LogP contribution in [0.2, 0.25) is 0 Å². The highest BCUT2D eigenvalue weighted by molar-refractivity contribution is 5.87. The predicted molar refractivity (Wildman–Crippen MR) is 92.7 cm³/mol. The molecule has 2 aliphatic heterocycles. The summed E-state index contributed by atoms with van der Waals surface area (Å²) in [5.41, 5.74) is 0.964. The lowest BCUT2D eigenvalue weighted by Crippen LogP contribution is -2.50. The molecule has 2 heterocycles. The summed E-state index contributed by atoms with van der Waals surface area (Å²) in [6.07, 6.45) is 2.56. The predicted octanol–water partition coefficient (Wildman–Crippen LogP) is 1.66. The molecular weight excluding hydrogens is 322 g/mol. The van der Waals surface area contributed by atoms with Gasteiger partial charge in [-0.3, -0.25) is 4.79 Å². The minimum Gasteiger partial charge on any atom is -0.486 e. The van der Waals surface area contributed by atoms with Crippen LogP contribution in [0.25, 0.3) is 0 Å². The van der Waals surface area contributed by atoms with Crippen LogP contribution in [0.1, 0.15) is 31.7 Å². The van der Waals surface area contributed by atoms with Gasteiger partial charge in [-0.05, 0) is 43.9 Å². The fourth-order valence-electron chi connectivity index (χ4n) is 3.05. The number of hydrogen-bond acceptors (Lipinski definition) is 4. The van der Waals surface area contributed by atoms with E-state index in [0.717, 1.165) is 24.2 Å². The minimum absolute atomic E-state index is 0.0961. The first-order valence-electron chi connectivity index (χ1n) is 8.89. The molecule has 25 heavy (non-hydrogen) atoms. The van der Waals surface area contributed by atoms with Crippen molar-refractivity contribution >= 4 is 11.9 Å². The number of ether oxygens (including phenoxy) is 2. The second kappa shape index (κ2) is 8.09. The van der Waals surface area contributed by atoms with Gasteiger partial charge in [0.1, 0.15) is 19.3 Å². The summed E-state index contributed by atoms with van der Waals surface area (Å²) >= 11 is 0. The van der Waals surface area contributed by atoms with Crippen LogP contribution in [0, 0.1) is 0 Å². The molecule has 136 valence electrons. The van der Waals surface area contributed by atoms with Gasteiger partial charge in [-0.1, -0.05) is 6.07 Å². The van der Waals surface area contributed by atoms with Crippen molar-refractivity contribution in [2.75, 3.05) is 26.3 Å². The van der Waals surface area contributed by atoms with Gasteiger partial charge in [0, 0.05) is 19.6 Å². The molecule has 1 atom stereocenters. The molecule has 0 radical (unpaired) electrons. The Bertz CT molecular complexity index is 635. The number of carbonyl (C=O) groups is 2. The van der Waals surface area contributed by atoms with Gasteiger partial charge in [0.05, 0.1) is 0 Å². The van der Waals surface area contributed by atoms with Crippen molar-refractivity contribution in [3.8, 4) is 11.5 Å². The van der Waals surface area contributed by atoms with Crippen molar-refractivity contribution in [2.45, 2.75) is 38.8 Å². The van der Waals surface area contributed by atoms with Crippen molar-refractivity contribution in [2.24, 2.45) is 0 Å². The Labute approximate surface area is 147 Å². The van der Waals surface area contributed by atoms with E-state index in [9.17, 15) is 9.59 Å². The van der Waals surface area contributed by atoms with Gasteiger partial charge in [-0.15, -0.1) is 0 Å². The third-order valence-corrected chi connectivity index (χ3v) is 4.48. The van der Waals surface area contributed by atoms with Crippen LogP contribution in [0.4, 0.5) is 4.79 Å². The topological polar surface area (TPSA) is 79.9 Å².